The first-order valence-electron chi connectivity index (χ1n) is 5.68. The molecule has 0 aromatic rings. The van der Waals surface area contributed by atoms with Crippen molar-refractivity contribution in [2.24, 2.45) is 0 Å². The number of piperazine rings is 1. The highest BCUT2D eigenvalue weighted by atomic mass is 16.2. The molecular formula is C11H18N2O2. The third-order valence-corrected chi connectivity index (χ3v) is 3.13. The van der Waals surface area contributed by atoms with Crippen LogP contribution in [0, 0.1) is 0 Å². The predicted molar refractivity (Wildman–Crippen MR) is 56.5 cm³/mol. The Bertz CT molecular complexity index is 266. The van der Waals surface area contributed by atoms with Gasteiger partial charge in [-0.05, 0) is 19.8 Å². The summed E-state index contributed by atoms with van der Waals surface area (Å²) in [5, 5.41) is 0. The SMILES string of the molecule is CC(=O)CC(=O)N1CCN(C2CC2)CC1. The summed E-state index contributed by atoms with van der Waals surface area (Å²) >= 11 is 0. The summed E-state index contributed by atoms with van der Waals surface area (Å²) in [7, 11) is 0. The van der Waals surface area contributed by atoms with Gasteiger partial charge in [0.2, 0.25) is 5.91 Å². The van der Waals surface area contributed by atoms with Crippen LogP contribution in [0.5, 0.6) is 0 Å². The average molecular weight is 210 g/mol. The van der Waals surface area contributed by atoms with E-state index in [1.54, 1.807) is 0 Å². The first-order valence-corrected chi connectivity index (χ1v) is 5.68. The summed E-state index contributed by atoms with van der Waals surface area (Å²) in [5.74, 6) is -0.0393. The van der Waals surface area contributed by atoms with Crippen molar-refractivity contribution in [2.45, 2.75) is 32.2 Å². The zero-order chi connectivity index (χ0) is 10.8. The molecule has 15 heavy (non-hydrogen) atoms. The second-order valence-electron chi connectivity index (χ2n) is 4.53. The van der Waals surface area contributed by atoms with Crippen LogP contribution in [0.1, 0.15) is 26.2 Å². The Kier molecular flexibility index (Phi) is 3.05. The molecule has 0 N–H and O–H groups in total. The third-order valence-electron chi connectivity index (χ3n) is 3.13. The predicted octanol–water partition coefficient (Wildman–Crippen LogP) is 0.272. The van der Waals surface area contributed by atoms with Crippen LogP contribution in [0.2, 0.25) is 0 Å². The van der Waals surface area contributed by atoms with Crippen molar-refractivity contribution >= 4 is 11.7 Å². The first-order chi connectivity index (χ1) is 7.16. The molecule has 4 heteroatoms. The zero-order valence-corrected chi connectivity index (χ0v) is 9.24. The fourth-order valence-electron chi connectivity index (χ4n) is 2.10. The Morgan fingerprint density at radius 2 is 1.73 bits per heavy atom. The molecule has 1 saturated carbocycles. The third kappa shape index (κ3) is 2.78. The van der Waals surface area contributed by atoms with Crippen molar-refractivity contribution in [1.29, 1.82) is 0 Å². The van der Waals surface area contributed by atoms with E-state index in [0.29, 0.717) is 0 Å². The standard InChI is InChI=1S/C11H18N2O2/c1-9(14)8-11(15)13-6-4-12(5-7-13)10-2-3-10/h10H,2-8H2,1H3. The Morgan fingerprint density at radius 3 is 2.20 bits per heavy atom. The molecule has 2 aliphatic rings. The number of carbonyl (C=O) groups is 2. The van der Waals surface area contributed by atoms with Crippen LogP contribution < -0.4 is 0 Å². The lowest BCUT2D eigenvalue weighted by Crippen LogP contribution is -2.49. The Morgan fingerprint density at radius 1 is 1.13 bits per heavy atom. The van der Waals surface area contributed by atoms with Gasteiger partial charge in [-0.1, -0.05) is 0 Å². The smallest absolute Gasteiger partial charge is 0.230 e. The normalized spacial score (nSPS) is 22.9. The van der Waals surface area contributed by atoms with E-state index in [1.165, 1.54) is 19.8 Å². The monoisotopic (exact) mass is 210 g/mol. The van der Waals surface area contributed by atoms with Gasteiger partial charge in [0.1, 0.15) is 5.78 Å². The molecule has 1 saturated heterocycles. The van der Waals surface area contributed by atoms with Gasteiger partial charge < -0.3 is 4.90 Å². The molecule has 0 atom stereocenters. The maximum Gasteiger partial charge on any atom is 0.230 e. The second kappa shape index (κ2) is 4.31. The summed E-state index contributed by atoms with van der Waals surface area (Å²) in [4.78, 5) is 26.7. The van der Waals surface area contributed by atoms with Gasteiger partial charge in [0.15, 0.2) is 0 Å². The fourth-order valence-corrected chi connectivity index (χ4v) is 2.10. The van der Waals surface area contributed by atoms with Crippen LogP contribution in [-0.4, -0.2) is 53.7 Å². The van der Waals surface area contributed by atoms with Crippen LogP contribution in [0.4, 0.5) is 0 Å². The van der Waals surface area contributed by atoms with Crippen molar-refractivity contribution in [1.82, 2.24) is 9.80 Å². The first kappa shape index (κ1) is 10.6. The van der Waals surface area contributed by atoms with Gasteiger partial charge in [0.25, 0.3) is 0 Å². The molecule has 0 unspecified atom stereocenters. The van der Waals surface area contributed by atoms with E-state index >= 15 is 0 Å². The number of Topliss-reactive ketones (excluding diaryl/α,β-unsaturated/α-hetero) is 1. The molecule has 1 aliphatic heterocycles. The molecule has 0 aromatic heterocycles. The second-order valence-corrected chi connectivity index (χ2v) is 4.53. The average Bonchev–Trinajstić information content (AvgIpc) is 3.00. The molecule has 2 rings (SSSR count). The van der Waals surface area contributed by atoms with E-state index in [9.17, 15) is 9.59 Å². The molecule has 1 aliphatic carbocycles. The minimum Gasteiger partial charge on any atom is -0.340 e. The lowest BCUT2D eigenvalue weighted by atomic mass is 10.2. The molecule has 4 nitrogen and oxygen atoms in total. The van der Waals surface area contributed by atoms with Crippen molar-refractivity contribution in [2.75, 3.05) is 26.2 Å². The molecule has 0 spiro atoms. The number of amides is 1. The number of carbonyl (C=O) groups excluding carboxylic acids is 2. The Balaban J connectivity index is 1.76. The number of ketones is 1. The highest BCUT2D eigenvalue weighted by Gasteiger charge is 2.32. The van der Waals surface area contributed by atoms with Gasteiger partial charge in [-0.3, -0.25) is 14.5 Å². The Labute approximate surface area is 90.2 Å². The maximum atomic E-state index is 11.6. The fraction of sp³-hybridized carbons (Fsp3) is 0.818. The van der Waals surface area contributed by atoms with Gasteiger partial charge in [-0.2, -0.15) is 0 Å². The quantitative estimate of drug-likeness (QED) is 0.628. The van der Waals surface area contributed by atoms with Gasteiger partial charge >= 0.3 is 0 Å². The highest BCUT2D eigenvalue weighted by molar-refractivity contribution is 5.96. The topological polar surface area (TPSA) is 40.6 Å². The molecule has 0 bridgehead atoms. The summed E-state index contributed by atoms with van der Waals surface area (Å²) in [6.07, 6.45) is 2.71. The minimum absolute atomic E-state index is 0.00190. The number of rotatable bonds is 3. The summed E-state index contributed by atoms with van der Waals surface area (Å²) in [5.41, 5.74) is 0. The van der Waals surface area contributed by atoms with Crippen LogP contribution in [0.3, 0.4) is 0 Å². The Hall–Kier alpha value is -0.900. The van der Waals surface area contributed by atoms with Gasteiger partial charge in [0.05, 0.1) is 6.42 Å². The van der Waals surface area contributed by atoms with E-state index in [1.807, 2.05) is 4.90 Å². The molecule has 84 valence electrons. The van der Waals surface area contributed by atoms with E-state index in [4.69, 9.17) is 0 Å². The van der Waals surface area contributed by atoms with Crippen molar-refractivity contribution in [3.8, 4) is 0 Å². The number of nitrogens with zero attached hydrogens (tertiary/aromatic N) is 2. The van der Waals surface area contributed by atoms with E-state index in [-0.39, 0.29) is 18.1 Å². The zero-order valence-electron chi connectivity index (χ0n) is 9.24. The maximum absolute atomic E-state index is 11.6. The largest absolute Gasteiger partial charge is 0.340 e. The molecule has 1 amide bonds. The summed E-state index contributed by atoms with van der Waals surface area (Å²) in [6, 6.07) is 0.787. The van der Waals surface area contributed by atoms with Crippen molar-refractivity contribution < 1.29 is 9.59 Å². The van der Waals surface area contributed by atoms with E-state index in [0.717, 1.165) is 32.2 Å². The van der Waals surface area contributed by atoms with Crippen LogP contribution in [0.15, 0.2) is 0 Å². The highest BCUT2D eigenvalue weighted by Crippen LogP contribution is 2.27. The molecular weight excluding hydrogens is 192 g/mol. The number of hydrogen-bond acceptors (Lipinski definition) is 3. The van der Waals surface area contributed by atoms with E-state index in [2.05, 4.69) is 4.90 Å². The number of hydrogen-bond donors (Lipinski definition) is 0. The lowest BCUT2D eigenvalue weighted by molar-refractivity contribution is -0.136. The summed E-state index contributed by atoms with van der Waals surface area (Å²) in [6.45, 7) is 5.02. The molecule has 2 fully saturated rings. The van der Waals surface area contributed by atoms with Crippen molar-refractivity contribution in [3.63, 3.8) is 0 Å². The van der Waals surface area contributed by atoms with Crippen molar-refractivity contribution in [3.05, 3.63) is 0 Å². The van der Waals surface area contributed by atoms with E-state index < -0.39 is 0 Å². The van der Waals surface area contributed by atoms with Gasteiger partial charge in [-0.15, -0.1) is 0 Å². The van der Waals surface area contributed by atoms with Crippen LogP contribution >= 0.6 is 0 Å². The van der Waals surface area contributed by atoms with Gasteiger partial charge in [0, 0.05) is 32.2 Å². The molecule has 1 heterocycles. The lowest BCUT2D eigenvalue weighted by Gasteiger charge is -2.34. The molecule has 0 radical (unpaired) electrons. The molecule has 0 aromatic carbocycles. The summed E-state index contributed by atoms with van der Waals surface area (Å²) < 4.78 is 0. The van der Waals surface area contributed by atoms with Gasteiger partial charge in [-0.25, -0.2) is 0 Å². The minimum atomic E-state index is -0.0374. The van der Waals surface area contributed by atoms with Crippen LogP contribution in [0.25, 0.3) is 0 Å². The van der Waals surface area contributed by atoms with Crippen LogP contribution in [-0.2, 0) is 9.59 Å².